The summed E-state index contributed by atoms with van der Waals surface area (Å²) < 4.78 is 17.6. The second-order valence-electron chi connectivity index (χ2n) is 9.26. The van der Waals surface area contributed by atoms with Crippen LogP contribution in [0.5, 0.6) is 23.0 Å². The van der Waals surface area contributed by atoms with Gasteiger partial charge in [-0.2, -0.15) is 0 Å². The van der Waals surface area contributed by atoms with Gasteiger partial charge in [0.25, 0.3) is 5.78 Å². The average Bonchev–Trinajstić information content (AvgIpc) is 3.51. The maximum atomic E-state index is 13.6. The number of carbonyl (C=O) groups excluding carboxylic acids is 2. The first-order valence-corrected chi connectivity index (χ1v) is 14.2. The Labute approximate surface area is 241 Å². The minimum Gasteiger partial charge on any atom is -0.507 e. The van der Waals surface area contributed by atoms with Crippen molar-refractivity contribution >= 4 is 44.1 Å². The number of aliphatic hydroxyl groups excluding tert-OH is 1. The molecule has 0 radical (unpaired) electrons. The summed E-state index contributed by atoms with van der Waals surface area (Å²) in [7, 11) is 0. The number of aliphatic hydroxyl groups is 1. The molecular formula is C31H30N2O7S. The van der Waals surface area contributed by atoms with Crippen molar-refractivity contribution < 1.29 is 34.0 Å². The molecule has 0 aliphatic carbocycles. The zero-order chi connectivity index (χ0) is 29.1. The van der Waals surface area contributed by atoms with E-state index in [1.807, 2.05) is 19.9 Å². The lowest BCUT2D eigenvalue weighted by atomic mass is 9.95. The maximum Gasteiger partial charge on any atom is 0.301 e. The van der Waals surface area contributed by atoms with Gasteiger partial charge in [-0.1, -0.05) is 24.3 Å². The molecule has 1 amide bonds. The zero-order valence-electron chi connectivity index (χ0n) is 22.9. The third kappa shape index (κ3) is 5.43. The smallest absolute Gasteiger partial charge is 0.301 e. The van der Waals surface area contributed by atoms with E-state index in [1.54, 1.807) is 55.5 Å². The van der Waals surface area contributed by atoms with E-state index in [4.69, 9.17) is 14.2 Å². The fourth-order valence-corrected chi connectivity index (χ4v) is 5.67. The van der Waals surface area contributed by atoms with Gasteiger partial charge in [-0.3, -0.25) is 14.5 Å². The molecule has 5 rings (SSSR count). The number of fused-ring (bicyclic) bond motifs is 1. The highest BCUT2D eigenvalue weighted by Gasteiger charge is 2.48. The number of anilines is 1. The van der Waals surface area contributed by atoms with Gasteiger partial charge < -0.3 is 24.4 Å². The highest BCUT2D eigenvalue weighted by molar-refractivity contribution is 7.22. The van der Waals surface area contributed by atoms with Crippen LogP contribution in [0.2, 0.25) is 0 Å². The summed E-state index contributed by atoms with van der Waals surface area (Å²) in [5, 5.41) is 22.1. The van der Waals surface area contributed by atoms with Gasteiger partial charge in [0.1, 0.15) is 17.3 Å². The summed E-state index contributed by atoms with van der Waals surface area (Å²) in [6.07, 6.45) is 0.847. The molecule has 1 atom stereocenters. The van der Waals surface area contributed by atoms with Crippen molar-refractivity contribution in [2.45, 2.75) is 33.2 Å². The lowest BCUT2D eigenvalue weighted by molar-refractivity contribution is -0.132. The van der Waals surface area contributed by atoms with Crippen LogP contribution in [0, 0.1) is 0 Å². The molecule has 41 heavy (non-hydrogen) atoms. The van der Waals surface area contributed by atoms with Gasteiger partial charge in [0, 0.05) is 5.56 Å². The van der Waals surface area contributed by atoms with E-state index >= 15 is 0 Å². The van der Waals surface area contributed by atoms with E-state index in [0.717, 1.165) is 11.1 Å². The van der Waals surface area contributed by atoms with Gasteiger partial charge in [0.2, 0.25) is 0 Å². The van der Waals surface area contributed by atoms with Gasteiger partial charge >= 0.3 is 5.91 Å². The Kier molecular flexibility index (Phi) is 8.11. The summed E-state index contributed by atoms with van der Waals surface area (Å²) in [5.41, 5.74) is 1.35. The second-order valence-corrected chi connectivity index (χ2v) is 10.3. The SMILES string of the molecule is CCCOc1ccc(C(O)=C2C(=O)C(=O)N(c3nc4ccc(OCC)cc4s3)C2c2ccc(O)c(OCC)c2)cc1. The molecule has 0 spiro atoms. The zero-order valence-corrected chi connectivity index (χ0v) is 23.7. The van der Waals surface area contributed by atoms with Gasteiger partial charge in [0.05, 0.1) is 41.7 Å². The predicted molar refractivity (Wildman–Crippen MR) is 157 cm³/mol. The molecular weight excluding hydrogens is 544 g/mol. The van der Waals surface area contributed by atoms with E-state index in [9.17, 15) is 19.8 Å². The number of aromatic hydroxyl groups is 1. The van der Waals surface area contributed by atoms with Crippen molar-refractivity contribution in [2.75, 3.05) is 24.7 Å². The molecule has 2 N–H and O–H groups in total. The molecule has 4 aromatic rings. The van der Waals surface area contributed by atoms with E-state index < -0.39 is 17.7 Å². The molecule has 3 aromatic carbocycles. The molecule has 10 heteroatoms. The third-order valence-electron chi connectivity index (χ3n) is 6.51. The van der Waals surface area contributed by atoms with Crippen LogP contribution in [0.3, 0.4) is 0 Å². The number of aromatic nitrogens is 1. The molecule has 1 aliphatic rings. The average molecular weight is 575 g/mol. The molecule has 0 bridgehead atoms. The Morgan fingerprint density at radius 3 is 2.37 bits per heavy atom. The van der Waals surface area contributed by atoms with Crippen LogP contribution in [0.4, 0.5) is 5.13 Å². The van der Waals surface area contributed by atoms with Crippen LogP contribution in [0.1, 0.15) is 44.4 Å². The number of benzene rings is 3. The van der Waals surface area contributed by atoms with Crippen molar-refractivity contribution in [3.05, 3.63) is 77.4 Å². The molecule has 2 heterocycles. The minimum atomic E-state index is -1.03. The summed E-state index contributed by atoms with van der Waals surface area (Å²) in [5.74, 6) is -0.601. The molecule has 9 nitrogen and oxygen atoms in total. The maximum absolute atomic E-state index is 13.6. The molecule has 1 aromatic heterocycles. The Bertz CT molecular complexity index is 1630. The van der Waals surface area contributed by atoms with E-state index in [1.165, 1.54) is 22.3 Å². The van der Waals surface area contributed by atoms with Crippen LogP contribution in [-0.4, -0.2) is 46.7 Å². The van der Waals surface area contributed by atoms with Crippen LogP contribution in [0.15, 0.2) is 66.2 Å². The van der Waals surface area contributed by atoms with E-state index in [-0.39, 0.29) is 28.0 Å². The largest absolute Gasteiger partial charge is 0.507 e. The Morgan fingerprint density at radius 2 is 1.66 bits per heavy atom. The summed E-state index contributed by atoms with van der Waals surface area (Å²) in [4.78, 5) is 33.1. The lowest BCUT2D eigenvalue weighted by Gasteiger charge is -2.23. The highest BCUT2D eigenvalue weighted by Crippen LogP contribution is 2.46. The van der Waals surface area contributed by atoms with Crippen molar-refractivity contribution in [3.63, 3.8) is 0 Å². The van der Waals surface area contributed by atoms with Crippen molar-refractivity contribution in [2.24, 2.45) is 0 Å². The summed E-state index contributed by atoms with van der Waals surface area (Å²) in [6.45, 7) is 7.02. The van der Waals surface area contributed by atoms with Gasteiger partial charge in [-0.05, 0) is 80.4 Å². The summed E-state index contributed by atoms with van der Waals surface area (Å²) in [6, 6.07) is 15.7. The minimum absolute atomic E-state index is 0.0846. The fraction of sp³-hybridized carbons (Fsp3) is 0.258. The molecule has 1 fully saturated rings. The molecule has 1 aliphatic heterocycles. The fourth-order valence-electron chi connectivity index (χ4n) is 4.65. The number of Topliss-reactive ketones (excluding diaryl/α,β-unsaturated/α-hetero) is 1. The molecule has 212 valence electrons. The van der Waals surface area contributed by atoms with Gasteiger partial charge in [-0.15, -0.1) is 0 Å². The normalized spacial score (nSPS) is 16.4. The Morgan fingerprint density at radius 1 is 0.927 bits per heavy atom. The summed E-state index contributed by atoms with van der Waals surface area (Å²) >= 11 is 1.24. The van der Waals surface area contributed by atoms with Crippen molar-refractivity contribution in [1.29, 1.82) is 0 Å². The Hall–Kier alpha value is -4.57. The number of amides is 1. The first kappa shape index (κ1) is 28.0. The first-order valence-electron chi connectivity index (χ1n) is 13.4. The number of ether oxygens (including phenoxy) is 3. The van der Waals surface area contributed by atoms with Gasteiger partial charge in [0.15, 0.2) is 16.6 Å². The molecule has 0 saturated carbocycles. The topological polar surface area (TPSA) is 118 Å². The van der Waals surface area contributed by atoms with Crippen LogP contribution in [-0.2, 0) is 9.59 Å². The lowest BCUT2D eigenvalue weighted by Crippen LogP contribution is -2.29. The standard InChI is InChI=1S/C31H30N2O7S/c1-4-15-40-20-10-7-18(8-11-20)28(35)26-27(19-9-14-23(34)24(16-19)39-6-3)33(30(37)29(26)36)31-32-22-13-12-21(38-5-2)17-25(22)41-31/h7-14,16-17,27,34-35H,4-6,15H2,1-3H3. The number of hydrogen-bond acceptors (Lipinski definition) is 9. The van der Waals surface area contributed by atoms with E-state index in [2.05, 4.69) is 4.98 Å². The first-order chi connectivity index (χ1) is 19.9. The number of hydrogen-bond donors (Lipinski definition) is 2. The third-order valence-corrected chi connectivity index (χ3v) is 7.53. The predicted octanol–water partition coefficient (Wildman–Crippen LogP) is 6.21. The van der Waals surface area contributed by atoms with Crippen molar-refractivity contribution in [3.8, 4) is 23.0 Å². The monoisotopic (exact) mass is 574 g/mol. The van der Waals surface area contributed by atoms with E-state index in [0.29, 0.717) is 48.0 Å². The molecule has 1 saturated heterocycles. The number of carbonyl (C=O) groups is 2. The number of ketones is 1. The number of nitrogens with zero attached hydrogens (tertiary/aromatic N) is 2. The Balaban J connectivity index is 1.66. The highest BCUT2D eigenvalue weighted by atomic mass is 32.1. The number of phenolic OH excluding ortho intramolecular Hbond substituents is 1. The number of phenols is 1. The number of rotatable bonds is 10. The number of thiazole rings is 1. The van der Waals surface area contributed by atoms with Crippen LogP contribution >= 0.6 is 11.3 Å². The second kappa shape index (κ2) is 11.9. The van der Waals surface area contributed by atoms with Crippen molar-refractivity contribution in [1.82, 2.24) is 4.98 Å². The quantitative estimate of drug-likeness (QED) is 0.130. The van der Waals surface area contributed by atoms with Gasteiger partial charge in [-0.25, -0.2) is 4.98 Å². The van der Waals surface area contributed by atoms with Crippen LogP contribution in [0.25, 0.3) is 16.0 Å². The molecule has 1 unspecified atom stereocenters. The van der Waals surface area contributed by atoms with Crippen LogP contribution < -0.4 is 19.1 Å².